The summed E-state index contributed by atoms with van der Waals surface area (Å²) >= 11 is 0. The molecule has 2 aromatic carbocycles. The highest BCUT2D eigenvalue weighted by Crippen LogP contribution is 2.30. The molecule has 0 saturated carbocycles. The van der Waals surface area contributed by atoms with E-state index in [0.717, 1.165) is 24.2 Å². The van der Waals surface area contributed by atoms with E-state index in [1.807, 2.05) is 29.2 Å². The van der Waals surface area contributed by atoms with Gasteiger partial charge in [0.25, 0.3) is 5.91 Å². The van der Waals surface area contributed by atoms with Crippen molar-refractivity contribution in [1.82, 2.24) is 15.0 Å². The van der Waals surface area contributed by atoms with Crippen LogP contribution in [0.1, 0.15) is 47.5 Å². The van der Waals surface area contributed by atoms with Crippen molar-refractivity contribution in [2.45, 2.75) is 32.6 Å². The van der Waals surface area contributed by atoms with Crippen molar-refractivity contribution in [1.29, 1.82) is 0 Å². The van der Waals surface area contributed by atoms with E-state index in [4.69, 9.17) is 14.0 Å². The van der Waals surface area contributed by atoms with Crippen LogP contribution in [0.15, 0.2) is 47.0 Å². The minimum absolute atomic E-state index is 0.0700. The maximum atomic E-state index is 13.1. The van der Waals surface area contributed by atoms with Gasteiger partial charge >= 0.3 is 5.97 Å². The molecule has 1 fully saturated rings. The Balaban J connectivity index is 1.41. The summed E-state index contributed by atoms with van der Waals surface area (Å²) in [6, 6.07) is 12.7. The van der Waals surface area contributed by atoms with E-state index in [9.17, 15) is 9.59 Å². The number of ether oxygens (including phenoxy) is 2. The van der Waals surface area contributed by atoms with Crippen LogP contribution in [0.25, 0.3) is 11.4 Å². The van der Waals surface area contributed by atoms with Crippen molar-refractivity contribution in [3.8, 4) is 22.9 Å². The zero-order valence-electron chi connectivity index (χ0n) is 18.3. The molecule has 8 heteroatoms. The minimum atomic E-state index is -0.410. The average molecular weight is 435 g/mol. The van der Waals surface area contributed by atoms with Gasteiger partial charge in [-0.25, -0.2) is 0 Å². The first kappa shape index (κ1) is 21.5. The minimum Gasteiger partial charge on any atom is -0.497 e. The summed E-state index contributed by atoms with van der Waals surface area (Å²) < 4.78 is 15.9. The molecule has 1 amide bonds. The first-order valence-corrected chi connectivity index (χ1v) is 10.5. The molecule has 1 aliphatic heterocycles. The molecule has 32 heavy (non-hydrogen) atoms. The topological polar surface area (TPSA) is 94.8 Å². The van der Waals surface area contributed by atoms with Gasteiger partial charge in [0.05, 0.1) is 7.11 Å². The molecule has 1 saturated heterocycles. The number of methoxy groups -OCH3 is 1. The van der Waals surface area contributed by atoms with E-state index < -0.39 is 5.97 Å². The van der Waals surface area contributed by atoms with Crippen molar-refractivity contribution in [3.63, 3.8) is 0 Å². The van der Waals surface area contributed by atoms with Crippen molar-refractivity contribution < 1.29 is 23.6 Å². The monoisotopic (exact) mass is 435 g/mol. The van der Waals surface area contributed by atoms with E-state index in [1.54, 1.807) is 32.2 Å². The van der Waals surface area contributed by atoms with E-state index in [0.29, 0.717) is 41.7 Å². The Morgan fingerprint density at radius 1 is 1.09 bits per heavy atom. The van der Waals surface area contributed by atoms with Crippen LogP contribution >= 0.6 is 0 Å². The van der Waals surface area contributed by atoms with Crippen LogP contribution in [-0.4, -0.2) is 47.1 Å². The fourth-order valence-electron chi connectivity index (χ4n) is 3.87. The Morgan fingerprint density at radius 3 is 2.47 bits per heavy atom. The number of nitrogens with zero attached hydrogens (tertiary/aromatic N) is 3. The fourth-order valence-corrected chi connectivity index (χ4v) is 3.87. The summed E-state index contributed by atoms with van der Waals surface area (Å²) in [5.74, 6) is 1.94. The number of carbonyl (C=O) groups excluding carboxylic acids is 2. The van der Waals surface area contributed by atoms with Crippen LogP contribution in [0.2, 0.25) is 0 Å². The average Bonchev–Trinajstić information content (AvgIpc) is 3.30. The number of hydrogen-bond donors (Lipinski definition) is 0. The number of rotatable bonds is 5. The maximum Gasteiger partial charge on any atom is 0.308 e. The highest BCUT2D eigenvalue weighted by molar-refractivity contribution is 5.96. The Bertz CT molecular complexity index is 1110. The standard InChI is InChI=1S/C24H25N3O5/c1-15-20(5-4-6-21(15)31-16(2)28)24(29)27-13-11-18(12-14-27)23-25-22(26-32-23)17-7-9-19(30-3)10-8-17/h4-10,18H,11-14H2,1-3H3. The summed E-state index contributed by atoms with van der Waals surface area (Å²) in [5, 5.41) is 4.11. The van der Waals surface area contributed by atoms with Crippen LogP contribution in [-0.2, 0) is 4.79 Å². The van der Waals surface area contributed by atoms with Gasteiger partial charge in [0.2, 0.25) is 11.7 Å². The van der Waals surface area contributed by atoms with Gasteiger partial charge in [0.1, 0.15) is 11.5 Å². The van der Waals surface area contributed by atoms with Gasteiger partial charge in [-0.05, 0) is 56.2 Å². The quantitative estimate of drug-likeness (QED) is 0.442. The van der Waals surface area contributed by atoms with E-state index in [1.165, 1.54) is 6.92 Å². The van der Waals surface area contributed by atoms with Crippen molar-refractivity contribution in [2.75, 3.05) is 20.2 Å². The molecule has 3 aromatic rings. The highest BCUT2D eigenvalue weighted by Gasteiger charge is 2.29. The predicted octanol–water partition coefficient (Wildman–Crippen LogP) is 4.00. The normalized spacial score (nSPS) is 14.3. The summed E-state index contributed by atoms with van der Waals surface area (Å²) in [5.41, 5.74) is 2.06. The van der Waals surface area contributed by atoms with Crippen LogP contribution in [0.4, 0.5) is 0 Å². The molecular weight excluding hydrogens is 410 g/mol. The SMILES string of the molecule is COc1ccc(-c2noc(C3CCN(C(=O)c4cccc(OC(C)=O)c4C)CC3)n2)cc1. The van der Waals surface area contributed by atoms with Crippen LogP contribution in [0, 0.1) is 6.92 Å². The molecule has 166 valence electrons. The van der Waals surface area contributed by atoms with Gasteiger partial charge in [0.15, 0.2) is 0 Å². The van der Waals surface area contributed by atoms with E-state index >= 15 is 0 Å². The zero-order valence-corrected chi connectivity index (χ0v) is 18.3. The lowest BCUT2D eigenvalue weighted by atomic mass is 9.95. The first-order chi connectivity index (χ1) is 15.5. The Morgan fingerprint density at radius 2 is 1.81 bits per heavy atom. The van der Waals surface area contributed by atoms with Crippen LogP contribution < -0.4 is 9.47 Å². The molecule has 8 nitrogen and oxygen atoms in total. The van der Waals surface area contributed by atoms with E-state index in [-0.39, 0.29) is 11.8 Å². The number of piperidine rings is 1. The third kappa shape index (κ3) is 4.49. The lowest BCUT2D eigenvalue weighted by molar-refractivity contribution is -0.131. The van der Waals surface area contributed by atoms with Gasteiger partial charge in [0, 0.05) is 42.6 Å². The first-order valence-electron chi connectivity index (χ1n) is 10.5. The molecule has 0 bridgehead atoms. The maximum absolute atomic E-state index is 13.1. The molecule has 0 unspecified atom stereocenters. The van der Waals surface area contributed by atoms with Gasteiger partial charge in [-0.2, -0.15) is 4.98 Å². The predicted molar refractivity (Wildman–Crippen MR) is 117 cm³/mol. The number of aromatic nitrogens is 2. The summed E-state index contributed by atoms with van der Waals surface area (Å²) in [7, 11) is 1.62. The van der Waals surface area contributed by atoms with Gasteiger partial charge in [-0.1, -0.05) is 11.2 Å². The molecular formula is C24H25N3O5. The Kier molecular flexibility index (Phi) is 6.20. The van der Waals surface area contributed by atoms with Crippen molar-refractivity contribution in [3.05, 3.63) is 59.5 Å². The number of esters is 1. The number of carbonyl (C=O) groups is 2. The molecule has 1 aliphatic rings. The Labute approximate surface area is 186 Å². The van der Waals surface area contributed by atoms with Gasteiger partial charge in [-0.15, -0.1) is 0 Å². The molecule has 0 aliphatic carbocycles. The summed E-state index contributed by atoms with van der Waals surface area (Å²) in [6.07, 6.45) is 1.47. The van der Waals surface area contributed by atoms with Gasteiger partial charge < -0.3 is 18.9 Å². The Hall–Kier alpha value is -3.68. The molecule has 4 rings (SSSR count). The zero-order chi connectivity index (χ0) is 22.7. The summed E-state index contributed by atoms with van der Waals surface area (Å²) in [6.45, 7) is 4.30. The molecule has 0 spiro atoms. The highest BCUT2D eigenvalue weighted by atomic mass is 16.5. The molecule has 0 atom stereocenters. The second-order valence-corrected chi connectivity index (χ2v) is 7.77. The second kappa shape index (κ2) is 9.21. The van der Waals surface area contributed by atoms with Crippen LogP contribution in [0.5, 0.6) is 11.5 Å². The molecule has 0 N–H and O–H groups in total. The van der Waals surface area contributed by atoms with Gasteiger partial charge in [-0.3, -0.25) is 9.59 Å². The molecule has 0 radical (unpaired) electrons. The van der Waals surface area contributed by atoms with Crippen LogP contribution in [0.3, 0.4) is 0 Å². The third-order valence-corrected chi connectivity index (χ3v) is 5.69. The molecule has 2 heterocycles. The lowest BCUT2D eigenvalue weighted by Crippen LogP contribution is -2.38. The third-order valence-electron chi connectivity index (χ3n) is 5.69. The van der Waals surface area contributed by atoms with E-state index in [2.05, 4.69) is 10.1 Å². The van der Waals surface area contributed by atoms with Crippen molar-refractivity contribution in [2.24, 2.45) is 0 Å². The number of hydrogen-bond acceptors (Lipinski definition) is 7. The smallest absolute Gasteiger partial charge is 0.308 e. The number of benzene rings is 2. The second-order valence-electron chi connectivity index (χ2n) is 7.77. The van der Waals surface area contributed by atoms with Crippen molar-refractivity contribution >= 4 is 11.9 Å². The fraction of sp³-hybridized carbons (Fsp3) is 0.333. The lowest BCUT2D eigenvalue weighted by Gasteiger charge is -2.31. The summed E-state index contributed by atoms with van der Waals surface area (Å²) in [4.78, 5) is 30.8. The molecule has 1 aromatic heterocycles. The largest absolute Gasteiger partial charge is 0.497 e. The number of amides is 1. The number of likely N-dealkylation sites (tertiary alicyclic amines) is 1.